The highest BCUT2D eigenvalue weighted by Crippen LogP contribution is 2.37. The van der Waals surface area contributed by atoms with Gasteiger partial charge in [-0.25, -0.2) is 4.39 Å². The van der Waals surface area contributed by atoms with Crippen molar-refractivity contribution in [3.8, 4) is 0 Å². The Balaban J connectivity index is 1.32. The summed E-state index contributed by atoms with van der Waals surface area (Å²) < 4.78 is 13.5. The Bertz CT molecular complexity index is 1860. The number of carbonyl (C=O) groups is 3. The zero-order valence-electron chi connectivity index (χ0n) is 25.3. The molecule has 0 heterocycles. The van der Waals surface area contributed by atoms with Crippen molar-refractivity contribution in [1.29, 1.82) is 0 Å². The average molecular weight is 630 g/mol. The molecule has 0 radical (unpaired) electrons. The van der Waals surface area contributed by atoms with E-state index in [2.05, 4.69) is 16.0 Å². The fourth-order valence-corrected chi connectivity index (χ4v) is 5.57. The van der Waals surface area contributed by atoms with E-state index in [1.807, 2.05) is 74.5 Å². The van der Waals surface area contributed by atoms with Gasteiger partial charge >= 0.3 is 0 Å². The molecule has 0 aliphatic rings. The first-order valence-corrected chi connectivity index (χ1v) is 15.5. The lowest BCUT2D eigenvalue weighted by molar-refractivity contribution is -0.116. The van der Waals surface area contributed by atoms with Gasteiger partial charge < -0.3 is 16.0 Å². The summed E-state index contributed by atoms with van der Waals surface area (Å²) in [7, 11) is 0. The summed E-state index contributed by atoms with van der Waals surface area (Å²) >= 11 is 1.40. The second kappa shape index (κ2) is 15.0. The Morgan fingerprint density at radius 1 is 0.696 bits per heavy atom. The molecule has 46 heavy (non-hydrogen) atoms. The van der Waals surface area contributed by atoms with Gasteiger partial charge in [0, 0.05) is 21.8 Å². The maximum atomic E-state index is 13.5. The monoisotopic (exact) mass is 629 g/mol. The number of benzene rings is 5. The summed E-state index contributed by atoms with van der Waals surface area (Å²) in [5, 5.41) is 8.03. The lowest BCUT2D eigenvalue weighted by Gasteiger charge is -2.18. The second-order valence-corrected chi connectivity index (χ2v) is 11.8. The Morgan fingerprint density at radius 3 is 1.98 bits per heavy atom. The SMILES string of the molecule is Cc1ccc(NC(=O)C(Sc2ccc(NC(=O)/C(=C/c3ccc(F)cc3)NC(=O)c3ccccc3)cc2)c2ccccc2)cc1C. The number of thioether (sulfide) groups is 1. The number of hydrogen-bond acceptors (Lipinski definition) is 4. The third-order valence-electron chi connectivity index (χ3n) is 7.19. The van der Waals surface area contributed by atoms with E-state index in [1.54, 1.807) is 42.5 Å². The van der Waals surface area contributed by atoms with Crippen molar-refractivity contribution in [3.05, 3.63) is 167 Å². The highest BCUT2D eigenvalue weighted by molar-refractivity contribution is 8.00. The molecule has 0 aromatic heterocycles. The van der Waals surface area contributed by atoms with Crippen LogP contribution >= 0.6 is 11.8 Å². The molecule has 0 fully saturated rings. The Labute approximate surface area is 271 Å². The summed E-state index contributed by atoms with van der Waals surface area (Å²) in [4.78, 5) is 40.6. The third kappa shape index (κ3) is 8.58. The zero-order valence-corrected chi connectivity index (χ0v) is 26.1. The van der Waals surface area contributed by atoms with Gasteiger partial charge in [-0.1, -0.05) is 66.7 Å². The first kappa shape index (κ1) is 31.9. The van der Waals surface area contributed by atoms with Gasteiger partial charge in [-0.05, 0) is 103 Å². The number of carbonyl (C=O) groups excluding carboxylic acids is 3. The normalized spacial score (nSPS) is 11.8. The molecule has 0 saturated heterocycles. The number of rotatable bonds is 10. The third-order valence-corrected chi connectivity index (χ3v) is 8.46. The van der Waals surface area contributed by atoms with Crippen LogP contribution in [0.4, 0.5) is 15.8 Å². The highest BCUT2D eigenvalue weighted by atomic mass is 32.2. The molecule has 230 valence electrons. The van der Waals surface area contributed by atoms with Crippen molar-refractivity contribution in [2.45, 2.75) is 24.0 Å². The number of amides is 3. The van der Waals surface area contributed by atoms with E-state index in [9.17, 15) is 18.8 Å². The van der Waals surface area contributed by atoms with Crippen LogP contribution in [0.3, 0.4) is 0 Å². The predicted octanol–water partition coefficient (Wildman–Crippen LogP) is 8.32. The van der Waals surface area contributed by atoms with Crippen molar-refractivity contribution >= 4 is 46.9 Å². The van der Waals surface area contributed by atoms with Crippen LogP contribution in [0.25, 0.3) is 6.08 Å². The van der Waals surface area contributed by atoms with Gasteiger partial charge in [0.1, 0.15) is 16.8 Å². The van der Waals surface area contributed by atoms with Gasteiger partial charge in [-0.15, -0.1) is 11.8 Å². The van der Waals surface area contributed by atoms with Crippen LogP contribution in [0, 0.1) is 19.7 Å². The smallest absolute Gasteiger partial charge is 0.272 e. The molecule has 0 saturated carbocycles. The quantitative estimate of drug-likeness (QED) is 0.107. The molecule has 8 heteroatoms. The molecule has 0 bridgehead atoms. The van der Waals surface area contributed by atoms with Gasteiger partial charge in [0.15, 0.2) is 0 Å². The van der Waals surface area contributed by atoms with Gasteiger partial charge in [-0.2, -0.15) is 0 Å². The van der Waals surface area contributed by atoms with Crippen LogP contribution in [-0.4, -0.2) is 17.7 Å². The zero-order chi connectivity index (χ0) is 32.5. The summed E-state index contributed by atoms with van der Waals surface area (Å²) in [5.41, 5.74) is 5.24. The van der Waals surface area contributed by atoms with Crippen molar-refractivity contribution in [2.75, 3.05) is 10.6 Å². The van der Waals surface area contributed by atoms with E-state index in [1.165, 1.54) is 42.1 Å². The fourth-order valence-electron chi connectivity index (χ4n) is 4.55. The molecule has 6 nitrogen and oxygen atoms in total. The lowest BCUT2D eigenvalue weighted by Crippen LogP contribution is -2.30. The predicted molar refractivity (Wildman–Crippen MR) is 183 cm³/mol. The summed E-state index contributed by atoms with van der Waals surface area (Å²) in [6, 6.07) is 36.6. The Kier molecular flexibility index (Phi) is 10.4. The van der Waals surface area contributed by atoms with Crippen molar-refractivity contribution in [1.82, 2.24) is 5.32 Å². The average Bonchev–Trinajstić information content (AvgIpc) is 3.07. The summed E-state index contributed by atoms with van der Waals surface area (Å²) in [6.45, 7) is 4.03. The molecule has 3 amide bonds. The van der Waals surface area contributed by atoms with E-state index in [4.69, 9.17) is 0 Å². The van der Waals surface area contributed by atoms with Crippen molar-refractivity contribution in [3.63, 3.8) is 0 Å². The number of anilines is 2. The molecule has 1 unspecified atom stereocenters. The molecule has 1 atom stereocenters. The first-order chi connectivity index (χ1) is 22.2. The van der Waals surface area contributed by atoms with Crippen molar-refractivity contribution in [2.24, 2.45) is 0 Å². The van der Waals surface area contributed by atoms with E-state index in [-0.39, 0.29) is 11.6 Å². The molecule has 0 aliphatic carbocycles. The molecule has 5 aromatic carbocycles. The minimum absolute atomic E-state index is 0.00827. The molecule has 0 aliphatic heterocycles. The van der Waals surface area contributed by atoms with Gasteiger partial charge in [0.2, 0.25) is 5.91 Å². The number of nitrogens with one attached hydrogen (secondary N) is 3. The first-order valence-electron chi connectivity index (χ1n) is 14.6. The van der Waals surface area contributed by atoms with Crippen LogP contribution in [0.5, 0.6) is 0 Å². The van der Waals surface area contributed by atoms with E-state index >= 15 is 0 Å². The molecule has 5 aromatic rings. The van der Waals surface area contributed by atoms with Crippen molar-refractivity contribution < 1.29 is 18.8 Å². The summed E-state index contributed by atoms with van der Waals surface area (Å²) in [6.07, 6.45) is 1.48. The lowest BCUT2D eigenvalue weighted by atomic mass is 10.1. The minimum Gasteiger partial charge on any atom is -0.325 e. The van der Waals surface area contributed by atoms with E-state index < -0.39 is 22.9 Å². The van der Waals surface area contributed by atoms with Gasteiger partial charge in [0.25, 0.3) is 11.8 Å². The number of halogens is 1. The van der Waals surface area contributed by atoms with E-state index in [0.717, 1.165) is 27.3 Å². The van der Waals surface area contributed by atoms with Crippen LogP contribution in [0.2, 0.25) is 0 Å². The van der Waals surface area contributed by atoms with Crippen LogP contribution in [-0.2, 0) is 9.59 Å². The Hall–Kier alpha value is -5.47. The van der Waals surface area contributed by atoms with Gasteiger partial charge in [0.05, 0.1) is 0 Å². The molecule has 5 rings (SSSR count). The van der Waals surface area contributed by atoms with Crippen LogP contribution < -0.4 is 16.0 Å². The van der Waals surface area contributed by atoms with Gasteiger partial charge in [-0.3, -0.25) is 14.4 Å². The topological polar surface area (TPSA) is 87.3 Å². The molecule has 0 spiro atoms. The number of hydrogen-bond donors (Lipinski definition) is 3. The minimum atomic E-state index is -0.552. The maximum absolute atomic E-state index is 13.5. The fraction of sp³-hybridized carbons (Fsp3) is 0.0789. The second-order valence-electron chi connectivity index (χ2n) is 10.6. The largest absolute Gasteiger partial charge is 0.325 e. The highest BCUT2D eigenvalue weighted by Gasteiger charge is 2.23. The molecular formula is C38H32FN3O3S. The molecular weight excluding hydrogens is 598 g/mol. The van der Waals surface area contributed by atoms with Crippen LogP contribution in [0.15, 0.2) is 138 Å². The standard InChI is InChI=1S/C38H32FN3O3S/c1-25-13-18-32(23-26(25)2)41-38(45)35(28-9-5-3-6-10-28)46-33-21-19-31(20-22-33)40-37(44)34(24-27-14-16-30(39)17-15-27)42-36(43)29-11-7-4-8-12-29/h3-24,35H,1-2H3,(H,40,44)(H,41,45)(H,42,43)/b34-24-. The summed E-state index contributed by atoms with van der Waals surface area (Å²) in [5.74, 6) is -1.57. The number of aryl methyl sites for hydroxylation is 2. The molecule has 3 N–H and O–H groups in total. The van der Waals surface area contributed by atoms with Crippen LogP contribution in [0.1, 0.15) is 37.9 Å². The van der Waals surface area contributed by atoms with E-state index in [0.29, 0.717) is 16.8 Å². The Morgan fingerprint density at radius 2 is 1.33 bits per heavy atom. The maximum Gasteiger partial charge on any atom is 0.272 e.